The first kappa shape index (κ1) is 16.6. The Bertz CT molecular complexity index is 304. The molecule has 1 aromatic heterocycles. The number of aryl methyl sites for hydroxylation is 1. The van der Waals surface area contributed by atoms with E-state index < -0.39 is 12.0 Å². The number of nitrogens with zero attached hydrogens (tertiary/aromatic N) is 2. The Morgan fingerprint density at radius 2 is 2.27 bits per heavy atom. The van der Waals surface area contributed by atoms with Gasteiger partial charge in [-0.2, -0.15) is 0 Å². The zero-order chi connectivity index (χ0) is 9.84. The number of carbonyl (C=O) groups is 1. The van der Waals surface area contributed by atoms with Crippen LogP contribution < -0.4 is 5.73 Å². The van der Waals surface area contributed by atoms with E-state index in [1.165, 1.54) is 7.11 Å². The Hall–Kier alpha value is -0.780. The van der Waals surface area contributed by atoms with Gasteiger partial charge < -0.3 is 15.0 Å². The van der Waals surface area contributed by atoms with Gasteiger partial charge in [0.25, 0.3) is 0 Å². The Morgan fingerprint density at radius 1 is 1.67 bits per heavy atom. The molecule has 0 saturated carbocycles. The second-order valence-electron chi connectivity index (χ2n) is 2.86. The maximum Gasteiger partial charge on any atom is 0.323 e. The number of imidazole rings is 1. The van der Waals surface area contributed by atoms with Crippen LogP contribution in [0.2, 0.25) is 0 Å². The Balaban J connectivity index is 0. The molecule has 1 rings (SSSR count). The maximum atomic E-state index is 10.9. The minimum absolute atomic E-state index is 0. The lowest BCUT2D eigenvalue weighted by Crippen LogP contribution is -2.33. The van der Waals surface area contributed by atoms with Crippen LogP contribution in [0.1, 0.15) is 5.69 Å². The SMILES string of the molecule is COC(=O)[C@@H](N)Cc1cn(C)cn1.Cl.Cl. The molecule has 1 atom stereocenters. The molecular formula is C8H15Cl2N3O2. The van der Waals surface area contributed by atoms with E-state index in [1.807, 2.05) is 13.2 Å². The minimum atomic E-state index is -0.625. The monoisotopic (exact) mass is 255 g/mol. The first-order chi connectivity index (χ1) is 6.13. The number of hydrogen-bond donors (Lipinski definition) is 1. The van der Waals surface area contributed by atoms with E-state index >= 15 is 0 Å². The van der Waals surface area contributed by atoms with Gasteiger partial charge in [0.15, 0.2) is 0 Å². The topological polar surface area (TPSA) is 70.1 Å². The van der Waals surface area contributed by atoms with Crippen LogP contribution in [0.3, 0.4) is 0 Å². The number of aromatic nitrogens is 2. The van der Waals surface area contributed by atoms with Crippen LogP contribution in [-0.2, 0) is 23.0 Å². The second-order valence-corrected chi connectivity index (χ2v) is 2.86. The number of hydrogen-bond acceptors (Lipinski definition) is 4. The molecule has 0 aliphatic carbocycles. The van der Waals surface area contributed by atoms with Crippen LogP contribution in [0.5, 0.6) is 0 Å². The van der Waals surface area contributed by atoms with Gasteiger partial charge in [-0.1, -0.05) is 0 Å². The molecule has 0 saturated heterocycles. The van der Waals surface area contributed by atoms with E-state index in [4.69, 9.17) is 5.73 Å². The first-order valence-electron chi connectivity index (χ1n) is 3.93. The molecule has 2 N–H and O–H groups in total. The van der Waals surface area contributed by atoms with Crippen molar-refractivity contribution in [1.29, 1.82) is 0 Å². The molecule has 0 amide bonds. The van der Waals surface area contributed by atoms with Crippen molar-refractivity contribution in [3.8, 4) is 0 Å². The molecule has 1 aromatic rings. The highest BCUT2D eigenvalue weighted by atomic mass is 35.5. The summed E-state index contributed by atoms with van der Waals surface area (Å²) in [6.45, 7) is 0. The van der Waals surface area contributed by atoms with Crippen molar-refractivity contribution < 1.29 is 9.53 Å². The molecule has 0 aromatic carbocycles. The molecule has 15 heavy (non-hydrogen) atoms. The van der Waals surface area contributed by atoms with E-state index in [0.29, 0.717) is 6.42 Å². The third-order valence-electron chi connectivity index (χ3n) is 1.69. The van der Waals surface area contributed by atoms with Gasteiger partial charge in [-0.25, -0.2) is 4.98 Å². The lowest BCUT2D eigenvalue weighted by Gasteiger charge is -2.06. The lowest BCUT2D eigenvalue weighted by atomic mass is 10.2. The molecule has 88 valence electrons. The van der Waals surface area contributed by atoms with Crippen molar-refractivity contribution in [2.24, 2.45) is 12.8 Å². The average molecular weight is 256 g/mol. The molecule has 0 unspecified atom stereocenters. The summed E-state index contributed by atoms with van der Waals surface area (Å²) in [6, 6.07) is -0.625. The summed E-state index contributed by atoms with van der Waals surface area (Å²) in [4.78, 5) is 15.0. The van der Waals surface area contributed by atoms with Gasteiger partial charge in [-0.05, 0) is 0 Å². The third kappa shape index (κ3) is 5.01. The standard InChI is InChI=1S/C8H13N3O2.2ClH/c1-11-4-6(10-5-11)3-7(9)8(12)13-2;;/h4-5,7H,3,9H2,1-2H3;2*1H/t7-;;/m0../s1. The van der Waals surface area contributed by atoms with Gasteiger partial charge in [0.05, 0.1) is 19.1 Å². The molecule has 0 aliphatic heterocycles. The fourth-order valence-corrected chi connectivity index (χ4v) is 1.03. The number of esters is 1. The Kier molecular flexibility index (Phi) is 8.33. The number of rotatable bonds is 3. The third-order valence-corrected chi connectivity index (χ3v) is 1.69. The molecule has 7 heteroatoms. The summed E-state index contributed by atoms with van der Waals surface area (Å²) in [5, 5.41) is 0. The van der Waals surface area contributed by atoms with Crippen LogP contribution in [0, 0.1) is 0 Å². The molecule has 0 bridgehead atoms. The number of ether oxygens (including phenoxy) is 1. The van der Waals surface area contributed by atoms with Gasteiger partial charge in [-0.3, -0.25) is 4.79 Å². The number of methoxy groups -OCH3 is 1. The van der Waals surface area contributed by atoms with Crippen molar-refractivity contribution in [2.75, 3.05) is 7.11 Å². The smallest absolute Gasteiger partial charge is 0.323 e. The van der Waals surface area contributed by atoms with Crippen molar-refractivity contribution in [2.45, 2.75) is 12.5 Å². The van der Waals surface area contributed by atoms with E-state index in [2.05, 4.69) is 9.72 Å². The quantitative estimate of drug-likeness (QED) is 0.790. The number of halogens is 2. The molecule has 0 spiro atoms. The zero-order valence-corrected chi connectivity index (χ0v) is 10.2. The predicted octanol–water partition coefficient (Wildman–Crippen LogP) is 0.306. The van der Waals surface area contributed by atoms with Crippen molar-refractivity contribution in [1.82, 2.24) is 9.55 Å². The molecule has 0 aliphatic rings. The van der Waals surface area contributed by atoms with E-state index in [-0.39, 0.29) is 24.8 Å². The second kappa shape index (κ2) is 7.50. The van der Waals surface area contributed by atoms with Gasteiger partial charge >= 0.3 is 5.97 Å². The van der Waals surface area contributed by atoms with Crippen LogP contribution in [0.15, 0.2) is 12.5 Å². The van der Waals surface area contributed by atoms with Crippen LogP contribution in [0.25, 0.3) is 0 Å². The summed E-state index contributed by atoms with van der Waals surface area (Å²) >= 11 is 0. The first-order valence-corrected chi connectivity index (χ1v) is 3.93. The van der Waals surface area contributed by atoms with Crippen molar-refractivity contribution in [3.63, 3.8) is 0 Å². The largest absolute Gasteiger partial charge is 0.468 e. The molecular weight excluding hydrogens is 241 g/mol. The van der Waals surface area contributed by atoms with Crippen molar-refractivity contribution >= 4 is 30.8 Å². The maximum absolute atomic E-state index is 10.9. The fraction of sp³-hybridized carbons (Fsp3) is 0.500. The van der Waals surface area contributed by atoms with Gasteiger partial charge in [-0.15, -0.1) is 24.8 Å². The molecule has 1 heterocycles. The van der Waals surface area contributed by atoms with E-state index in [1.54, 1.807) is 10.9 Å². The average Bonchev–Trinajstić information content (AvgIpc) is 2.49. The van der Waals surface area contributed by atoms with Gasteiger partial charge in [0, 0.05) is 19.7 Å². The fourth-order valence-electron chi connectivity index (χ4n) is 1.03. The van der Waals surface area contributed by atoms with Crippen LogP contribution >= 0.6 is 24.8 Å². The molecule has 5 nitrogen and oxygen atoms in total. The number of carbonyl (C=O) groups excluding carboxylic acids is 1. The highest BCUT2D eigenvalue weighted by molar-refractivity contribution is 5.85. The highest BCUT2D eigenvalue weighted by Gasteiger charge is 2.15. The summed E-state index contributed by atoms with van der Waals surface area (Å²) in [5.74, 6) is -0.411. The van der Waals surface area contributed by atoms with Crippen molar-refractivity contribution in [3.05, 3.63) is 18.2 Å². The predicted molar refractivity (Wildman–Crippen MR) is 61.4 cm³/mol. The highest BCUT2D eigenvalue weighted by Crippen LogP contribution is 1.99. The van der Waals surface area contributed by atoms with E-state index in [9.17, 15) is 4.79 Å². The normalized spacial score (nSPS) is 10.9. The summed E-state index contributed by atoms with van der Waals surface area (Å²) in [6.07, 6.45) is 3.90. The molecule has 0 radical (unpaired) electrons. The van der Waals surface area contributed by atoms with E-state index in [0.717, 1.165) is 5.69 Å². The Morgan fingerprint density at radius 3 is 2.67 bits per heavy atom. The molecule has 0 fully saturated rings. The van der Waals surface area contributed by atoms with Gasteiger partial charge in [0.2, 0.25) is 0 Å². The summed E-state index contributed by atoms with van der Waals surface area (Å²) in [5.41, 5.74) is 6.34. The summed E-state index contributed by atoms with van der Waals surface area (Å²) in [7, 11) is 3.18. The van der Waals surface area contributed by atoms with Crippen LogP contribution in [0.4, 0.5) is 0 Å². The van der Waals surface area contributed by atoms with Gasteiger partial charge in [0.1, 0.15) is 6.04 Å². The minimum Gasteiger partial charge on any atom is -0.468 e. The number of nitrogens with two attached hydrogens (primary N) is 1. The summed E-state index contributed by atoms with van der Waals surface area (Å²) < 4.78 is 6.30. The van der Waals surface area contributed by atoms with Crippen LogP contribution in [-0.4, -0.2) is 28.7 Å². The Labute approximate surface area is 101 Å². The zero-order valence-electron chi connectivity index (χ0n) is 8.54. The lowest BCUT2D eigenvalue weighted by molar-refractivity contribution is -0.142.